The van der Waals surface area contributed by atoms with Crippen molar-refractivity contribution < 1.29 is 4.74 Å². The van der Waals surface area contributed by atoms with Crippen molar-refractivity contribution in [2.24, 2.45) is 0 Å². The Morgan fingerprint density at radius 3 is 2.24 bits per heavy atom. The Morgan fingerprint density at radius 1 is 0.909 bits per heavy atom. The largest absolute Gasteiger partial charge is 0.488 e. The number of rotatable bonds is 7. The van der Waals surface area contributed by atoms with Crippen molar-refractivity contribution in [2.75, 3.05) is 24.3 Å². The number of aromatic nitrogens is 2. The van der Waals surface area contributed by atoms with Gasteiger partial charge in [0.05, 0.1) is 5.52 Å². The van der Waals surface area contributed by atoms with Gasteiger partial charge in [-0.3, -0.25) is 0 Å². The van der Waals surface area contributed by atoms with Crippen LogP contribution in [0.5, 0.6) is 5.75 Å². The molecule has 176 valence electrons. The number of nitrogens with one attached hydrogen (secondary N) is 2. The first-order chi connectivity index (χ1) is 15.8. The number of fused-ring (bicyclic) bond motifs is 1. The average molecular weight is 448 g/mol. The molecule has 0 bridgehead atoms. The Hall–Kier alpha value is -2.86. The highest BCUT2D eigenvalue weighted by Crippen LogP contribution is 2.26. The second-order valence-electron chi connectivity index (χ2n) is 10.2. The predicted octanol–water partition coefficient (Wildman–Crippen LogP) is 5.39. The first kappa shape index (κ1) is 23.3. The van der Waals surface area contributed by atoms with Gasteiger partial charge in [-0.2, -0.15) is 4.98 Å². The first-order valence-electron chi connectivity index (χ1n) is 12.0. The molecule has 0 amide bonds. The molecule has 4 rings (SSSR count). The number of anilines is 2. The second-order valence-corrected chi connectivity index (χ2v) is 10.2. The molecule has 0 radical (unpaired) electrons. The van der Waals surface area contributed by atoms with Gasteiger partial charge in [0.15, 0.2) is 0 Å². The van der Waals surface area contributed by atoms with E-state index in [-0.39, 0.29) is 5.60 Å². The van der Waals surface area contributed by atoms with E-state index in [9.17, 15) is 0 Å². The molecule has 1 aromatic heterocycles. The van der Waals surface area contributed by atoms with E-state index in [2.05, 4.69) is 72.7 Å². The van der Waals surface area contributed by atoms with Crippen molar-refractivity contribution in [1.29, 1.82) is 0 Å². The molecule has 1 heterocycles. The average Bonchev–Trinajstić information content (AvgIpc) is 2.78. The fourth-order valence-electron chi connectivity index (χ4n) is 4.38. The predicted molar refractivity (Wildman–Crippen MR) is 137 cm³/mol. The first-order valence-corrected chi connectivity index (χ1v) is 12.0. The fraction of sp³-hybridized carbons (Fsp3) is 0.481. The molecule has 1 saturated carbocycles. The van der Waals surface area contributed by atoms with Crippen LogP contribution in [0.3, 0.4) is 0 Å². The maximum Gasteiger partial charge on any atom is 0.225 e. The molecule has 0 unspecified atom stereocenters. The molecule has 1 aliphatic carbocycles. The summed E-state index contributed by atoms with van der Waals surface area (Å²) >= 11 is 0. The fourth-order valence-corrected chi connectivity index (χ4v) is 4.38. The number of para-hydroxylation sites is 1. The van der Waals surface area contributed by atoms with Gasteiger partial charge in [-0.05, 0) is 76.3 Å². The molecule has 0 saturated heterocycles. The zero-order valence-corrected chi connectivity index (χ0v) is 20.6. The number of benzene rings is 2. The zero-order chi connectivity index (χ0) is 23.4. The van der Waals surface area contributed by atoms with Crippen molar-refractivity contribution in [3.63, 3.8) is 0 Å². The van der Waals surface area contributed by atoms with Crippen LogP contribution in [0.2, 0.25) is 0 Å². The lowest BCUT2D eigenvalue weighted by Crippen LogP contribution is -2.37. The quantitative estimate of drug-likeness (QED) is 0.507. The zero-order valence-electron chi connectivity index (χ0n) is 20.6. The lowest BCUT2D eigenvalue weighted by atomic mass is 9.91. The van der Waals surface area contributed by atoms with Crippen LogP contribution >= 0.6 is 0 Å². The minimum absolute atomic E-state index is 0.168. The minimum atomic E-state index is -0.168. The van der Waals surface area contributed by atoms with Crippen molar-refractivity contribution in [1.82, 2.24) is 15.3 Å². The highest BCUT2D eigenvalue weighted by molar-refractivity contribution is 5.90. The van der Waals surface area contributed by atoms with Gasteiger partial charge in [-0.25, -0.2) is 4.98 Å². The molecular formula is C27H37N5O. The lowest BCUT2D eigenvalue weighted by molar-refractivity contribution is 0.131. The van der Waals surface area contributed by atoms with Crippen molar-refractivity contribution >= 4 is 22.7 Å². The molecular weight excluding hydrogens is 410 g/mol. The van der Waals surface area contributed by atoms with Crippen LogP contribution in [0.1, 0.15) is 52.0 Å². The molecule has 0 spiro atoms. The molecule has 6 heteroatoms. The summed E-state index contributed by atoms with van der Waals surface area (Å²) in [4.78, 5) is 11.6. The van der Waals surface area contributed by atoms with Crippen molar-refractivity contribution in [2.45, 2.75) is 70.7 Å². The topological polar surface area (TPSA) is 62.3 Å². The number of ether oxygens (including phenoxy) is 1. The SMILES string of the molecule is CN(C)c1nc(N[C@H]2CC[C@@H](NCc3ccc(OC(C)(C)C)cc3)CC2)nc2ccccc12. The van der Waals surface area contributed by atoms with E-state index >= 15 is 0 Å². The van der Waals surface area contributed by atoms with Gasteiger partial charge in [0.25, 0.3) is 0 Å². The van der Waals surface area contributed by atoms with Crippen LogP contribution < -0.4 is 20.3 Å². The van der Waals surface area contributed by atoms with Gasteiger partial charge in [0.1, 0.15) is 17.2 Å². The van der Waals surface area contributed by atoms with E-state index in [4.69, 9.17) is 14.7 Å². The Bertz CT molecular complexity index is 1050. The molecule has 2 aromatic carbocycles. The summed E-state index contributed by atoms with van der Waals surface area (Å²) in [5.41, 5.74) is 2.10. The Labute approximate surface area is 197 Å². The summed E-state index contributed by atoms with van der Waals surface area (Å²) in [6.07, 6.45) is 4.53. The van der Waals surface area contributed by atoms with Gasteiger partial charge in [0, 0.05) is 38.1 Å². The number of nitrogens with zero attached hydrogens (tertiary/aromatic N) is 3. The summed E-state index contributed by atoms with van der Waals surface area (Å²) in [6.45, 7) is 7.10. The van der Waals surface area contributed by atoms with Crippen LogP contribution in [0, 0.1) is 0 Å². The summed E-state index contributed by atoms with van der Waals surface area (Å²) in [5.74, 6) is 2.61. The van der Waals surface area contributed by atoms with Gasteiger partial charge in [-0.1, -0.05) is 24.3 Å². The number of hydrogen-bond acceptors (Lipinski definition) is 6. The van der Waals surface area contributed by atoms with Crippen LogP contribution in [0.25, 0.3) is 10.9 Å². The Kier molecular flexibility index (Phi) is 7.03. The van der Waals surface area contributed by atoms with Crippen LogP contribution in [-0.4, -0.2) is 41.7 Å². The van der Waals surface area contributed by atoms with Gasteiger partial charge >= 0.3 is 0 Å². The molecule has 1 aliphatic rings. The molecule has 3 aromatic rings. The third-order valence-electron chi connectivity index (χ3n) is 6.01. The van der Waals surface area contributed by atoms with Gasteiger partial charge < -0.3 is 20.3 Å². The summed E-state index contributed by atoms with van der Waals surface area (Å²) < 4.78 is 5.92. The standard InChI is InChI=1S/C27H37N5O/c1-27(2,3)33-22-16-10-19(11-17-22)18-28-20-12-14-21(15-13-20)29-26-30-24-9-7-6-8-23(24)25(31-26)32(4)5/h6-11,16-17,20-21,28H,12-15,18H2,1-5H3,(H,29,30,31)/t20-,21+. The van der Waals surface area contributed by atoms with Gasteiger partial charge in [-0.15, -0.1) is 0 Å². The van der Waals surface area contributed by atoms with E-state index in [1.54, 1.807) is 0 Å². The Morgan fingerprint density at radius 2 is 1.58 bits per heavy atom. The third-order valence-corrected chi connectivity index (χ3v) is 6.01. The maximum absolute atomic E-state index is 5.92. The summed E-state index contributed by atoms with van der Waals surface area (Å²) in [6, 6.07) is 17.6. The smallest absolute Gasteiger partial charge is 0.225 e. The van der Waals surface area contributed by atoms with E-state index in [0.717, 1.165) is 60.6 Å². The molecule has 6 nitrogen and oxygen atoms in total. The maximum atomic E-state index is 5.92. The molecule has 2 N–H and O–H groups in total. The summed E-state index contributed by atoms with van der Waals surface area (Å²) in [7, 11) is 4.06. The van der Waals surface area contributed by atoms with Crippen molar-refractivity contribution in [3.8, 4) is 5.75 Å². The molecule has 33 heavy (non-hydrogen) atoms. The van der Waals surface area contributed by atoms with Crippen LogP contribution in [0.4, 0.5) is 11.8 Å². The summed E-state index contributed by atoms with van der Waals surface area (Å²) in [5, 5.41) is 8.41. The lowest BCUT2D eigenvalue weighted by Gasteiger charge is -2.30. The van der Waals surface area contributed by atoms with E-state index in [1.165, 1.54) is 5.56 Å². The Balaban J connectivity index is 1.28. The van der Waals surface area contributed by atoms with Crippen molar-refractivity contribution in [3.05, 3.63) is 54.1 Å². The van der Waals surface area contributed by atoms with E-state index < -0.39 is 0 Å². The minimum Gasteiger partial charge on any atom is -0.488 e. The monoisotopic (exact) mass is 447 g/mol. The van der Waals surface area contributed by atoms with E-state index in [1.807, 2.05) is 26.2 Å². The van der Waals surface area contributed by atoms with Gasteiger partial charge in [0.2, 0.25) is 5.95 Å². The molecule has 1 fully saturated rings. The third kappa shape index (κ3) is 6.35. The second kappa shape index (κ2) is 9.96. The van der Waals surface area contributed by atoms with Crippen LogP contribution in [0.15, 0.2) is 48.5 Å². The van der Waals surface area contributed by atoms with E-state index in [0.29, 0.717) is 12.1 Å². The highest BCUT2D eigenvalue weighted by Gasteiger charge is 2.22. The molecule has 0 aliphatic heterocycles. The normalized spacial score (nSPS) is 18.8. The van der Waals surface area contributed by atoms with Crippen LogP contribution in [-0.2, 0) is 6.54 Å². The number of hydrogen-bond donors (Lipinski definition) is 2. The highest BCUT2D eigenvalue weighted by atomic mass is 16.5. The molecule has 0 atom stereocenters.